The first-order valence-corrected chi connectivity index (χ1v) is 10.9. The zero-order valence-corrected chi connectivity index (χ0v) is 19.2. The summed E-state index contributed by atoms with van der Waals surface area (Å²) in [5.41, 5.74) is 1.36. The number of terminal acetylenes is 1. The number of hydrogen-bond acceptors (Lipinski definition) is 4. The highest BCUT2D eigenvalue weighted by Crippen LogP contribution is 2.31. The van der Waals surface area contributed by atoms with Gasteiger partial charge in [-0.1, -0.05) is 40.7 Å². The number of likely N-dealkylation sites (tertiary alicyclic amines) is 1. The fraction of sp³-hybridized carbons (Fsp3) is 0.667. The lowest BCUT2D eigenvalue weighted by molar-refractivity contribution is 0.171. The maximum atomic E-state index is 5.61. The minimum Gasteiger partial charge on any atom is -0.486 e. The molecule has 0 amide bonds. The topological polar surface area (TPSA) is 33.7 Å². The molecule has 2 heterocycles. The molecule has 28 heavy (non-hydrogen) atoms. The molecule has 162 valence electrons. The monoisotopic (exact) mass is 392 g/mol. The SMILES string of the molecule is C#C.CC.CC.CCNC.c1cc2c(cc1CCCN1CCCC1)OCCO2. The lowest BCUT2D eigenvalue weighted by atomic mass is 10.1. The van der Waals surface area contributed by atoms with E-state index in [1.54, 1.807) is 0 Å². The molecule has 1 saturated heterocycles. The van der Waals surface area contributed by atoms with Gasteiger partial charge in [-0.25, -0.2) is 0 Å². The minimum atomic E-state index is 0.668. The summed E-state index contributed by atoms with van der Waals surface area (Å²) in [5, 5.41) is 2.93. The van der Waals surface area contributed by atoms with Crippen molar-refractivity contribution in [3.63, 3.8) is 0 Å². The molecule has 0 aromatic heterocycles. The van der Waals surface area contributed by atoms with Gasteiger partial charge in [0.15, 0.2) is 11.5 Å². The van der Waals surface area contributed by atoms with Crippen LogP contribution in [0, 0.1) is 12.8 Å². The van der Waals surface area contributed by atoms with E-state index in [0.717, 1.165) is 24.5 Å². The van der Waals surface area contributed by atoms with Crippen LogP contribution in [0.15, 0.2) is 18.2 Å². The molecule has 3 rings (SSSR count). The van der Waals surface area contributed by atoms with Gasteiger partial charge in [0.25, 0.3) is 0 Å². The van der Waals surface area contributed by atoms with Crippen LogP contribution >= 0.6 is 0 Å². The van der Waals surface area contributed by atoms with Crippen molar-refractivity contribution >= 4 is 0 Å². The van der Waals surface area contributed by atoms with Crippen LogP contribution in [0.5, 0.6) is 11.5 Å². The normalized spacial score (nSPS) is 13.9. The second-order valence-corrected chi connectivity index (χ2v) is 5.84. The number of rotatable bonds is 5. The van der Waals surface area contributed by atoms with Crippen LogP contribution in [-0.2, 0) is 6.42 Å². The predicted octanol–water partition coefficient (Wildman–Crippen LogP) is 5.01. The highest BCUT2D eigenvalue weighted by Gasteiger charge is 2.13. The van der Waals surface area contributed by atoms with Crippen molar-refractivity contribution in [3.8, 4) is 24.3 Å². The van der Waals surface area contributed by atoms with Gasteiger partial charge in [-0.3, -0.25) is 0 Å². The number of nitrogens with one attached hydrogen (secondary N) is 1. The number of ether oxygens (including phenoxy) is 2. The summed E-state index contributed by atoms with van der Waals surface area (Å²) in [6, 6.07) is 6.34. The average molecular weight is 393 g/mol. The van der Waals surface area contributed by atoms with Gasteiger partial charge >= 0.3 is 0 Å². The Balaban J connectivity index is 0. The molecule has 0 atom stereocenters. The maximum Gasteiger partial charge on any atom is 0.161 e. The van der Waals surface area contributed by atoms with E-state index in [0.29, 0.717) is 13.2 Å². The first kappa shape index (κ1) is 28.5. The second kappa shape index (κ2) is 21.6. The molecular weight excluding hydrogens is 348 g/mol. The molecule has 0 spiro atoms. The first-order chi connectivity index (χ1) is 13.8. The zero-order chi connectivity index (χ0) is 21.6. The zero-order valence-electron chi connectivity index (χ0n) is 19.2. The molecule has 1 fully saturated rings. The summed E-state index contributed by atoms with van der Waals surface area (Å²) in [6.45, 7) is 16.3. The van der Waals surface area contributed by atoms with Gasteiger partial charge in [0.1, 0.15) is 13.2 Å². The average Bonchev–Trinajstić information content (AvgIpc) is 3.31. The van der Waals surface area contributed by atoms with E-state index in [2.05, 4.69) is 42.1 Å². The number of hydrogen-bond donors (Lipinski definition) is 1. The molecule has 4 heteroatoms. The van der Waals surface area contributed by atoms with E-state index >= 15 is 0 Å². The third-order valence-electron chi connectivity index (χ3n) is 4.10. The van der Waals surface area contributed by atoms with Crippen LogP contribution in [0.4, 0.5) is 0 Å². The lowest BCUT2D eigenvalue weighted by Crippen LogP contribution is -2.20. The molecule has 0 unspecified atom stereocenters. The third-order valence-corrected chi connectivity index (χ3v) is 4.10. The second-order valence-electron chi connectivity index (χ2n) is 5.84. The van der Waals surface area contributed by atoms with Crippen molar-refractivity contribution in [2.24, 2.45) is 0 Å². The van der Waals surface area contributed by atoms with Gasteiger partial charge < -0.3 is 19.7 Å². The van der Waals surface area contributed by atoms with E-state index in [-0.39, 0.29) is 0 Å². The smallest absolute Gasteiger partial charge is 0.161 e. The number of fused-ring (bicyclic) bond motifs is 1. The lowest BCUT2D eigenvalue weighted by Gasteiger charge is -2.19. The van der Waals surface area contributed by atoms with Gasteiger partial charge in [0, 0.05) is 0 Å². The predicted molar refractivity (Wildman–Crippen MR) is 124 cm³/mol. The molecule has 0 bridgehead atoms. The van der Waals surface area contributed by atoms with Crippen molar-refractivity contribution in [1.82, 2.24) is 10.2 Å². The molecule has 1 aromatic carbocycles. The van der Waals surface area contributed by atoms with Crippen LogP contribution in [0.1, 0.15) is 59.4 Å². The maximum absolute atomic E-state index is 5.61. The Labute approximate surface area is 175 Å². The molecule has 2 aliphatic heterocycles. The van der Waals surface area contributed by atoms with Crippen LogP contribution in [0.3, 0.4) is 0 Å². The molecule has 2 aliphatic rings. The van der Waals surface area contributed by atoms with E-state index in [1.165, 1.54) is 44.5 Å². The summed E-state index contributed by atoms with van der Waals surface area (Å²) in [5.74, 6) is 1.81. The van der Waals surface area contributed by atoms with E-state index in [4.69, 9.17) is 9.47 Å². The van der Waals surface area contributed by atoms with Crippen molar-refractivity contribution in [2.75, 3.05) is 46.4 Å². The number of aryl methyl sites for hydroxylation is 1. The van der Waals surface area contributed by atoms with Crippen molar-refractivity contribution < 1.29 is 9.47 Å². The Bertz CT molecular complexity index is 467. The van der Waals surface area contributed by atoms with Crippen molar-refractivity contribution in [3.05, 3.63) is 23.8 Å². The van der Waals surface area contributed by atoms with Crippen LogP contribution in [0.25, 0.3) is 0 Å². The highest BCUT2D eigenvalue weighted by atomic mass is 16.6. The third kappa shape index (κ3) is 12.6. The Morgan fingerprint density at radius 3 is 2.04 bits per heavy atom. The Hall–Kier alpha value is -1.70. The van der Waals surface area contributed by atoms with Crippen molar-refractivity contribution in [1.29, 1.82) is 0 Å². The first-order valence-electron chi connectivity index (χ1n) is 10.9. The summed E-state index contributed by atoms with van der Waals surface area (Å²) in [7, 11) is 1.93. The molecule has 0 radical (unpaired) electrons. The molecular formula is C24H44N2O2. The Morgan fingerprint density at radius 1 is 0.964 bits per heavy atom. The largest absolute Gasteiger partial charge is 0.486 e. The Morgan fingerprint density at radius 2 is 1.50 bits per heavy atom. The molecule has 0 aliphatic carbocycles. The summed E-state index contributed by atoms with van der Waals surface area (Å²) in [6.07, 6.45) is 13.1. The van der Waals surface area contributed by atoms with E-state index < -0.39 is 0 Å². The molecule has 4 nitrogen and oxygen atoms in total. The fourth-order valence-corrected chi connectivity index (χ4v) is 2.76. The molecule has 0 saturated carbocycles. The standard InChI is InChI=1S/C15H21NO2.C3H9N.2C2H6.C2H2/c1-2-8-16(7-1)9-3-4-13-5-6-14-15(12-13)18-11-10-17-14;1-3-4-2;3*1-2/h5-6,12H,1-4,7-11H2;4H,3H2,1-2H3;2*1-2H3;1-2H. The van der Waals surface area contributed by atoms with E-state index in [9.17, 15) is 0 Å². The Kier molecular flexibility index (Phi) is 22.0. The van der Waals surface area contributed by atoms with Gasteiger partial charge in [-0.05, 0) is 76.6 Å². The highest BCUT2D eigenvalue weighted by molar-refractivity contribution is 5.43. The molecule has 1 aromatic rings. The van der Waals surface area contributed by atoms with Gasteiger partial charge in [0.2, 0.25) is 0 Å². The quantitative estimate of drug-likeness (QED) is 0.714. The summed E-state index contributed by atoms with van der Waals surface area (Å²) >= 11 is 0. The van der Waals surface area contributed by atoms with Crippen molar-refractivity contribution in [2.45, 2.75) is 60.3 Å². The minimum absolute atomic E-state index is 0.668. The molecule has 1 N–H and O–H groups in total. The van der Waals surface area contributed by atoms with Gasteiger partial charge in [-0.2, -0.15) is 0 Å². The summed E-state index contributed by atoms with van der Waals surface area (Å²) in [4.78, 5) is 2.57. The van der Waals surface area contributed by atoms with E-state index in [1.807, 2.05) is 40.8 Å². The number of nitrogens with zero attached hydrogens (tertiary/aromatic N) is 1. The van der Waals surface area contributed by atoms with Crippen LogP contribution < -0.4 is 14.8 Å². The van der Waals surface area contributed by atoms with Crippen LogP contribution in [0.2, 0.25) is 0 Å². The summed E-state index contributed by atoms with van der Waals surface area (Å²) < 4.78 is 11.1. The number of benzene rings is 1. The fourth-order valence-electron chi connectivity index (χ4n) is 2.76. The van der Waals surface area contributed by atoms with Gasteiger partial charge in [-0.15, -0.1) is 12.8 Å². The van der Waals surface area contributed by atoms with Crippen LogP contribution in [-0.4, -0.2) is 51.3 Å². The van der Waals surface area contributed by atoms with Gasteiger partial charge in [0.05, 0.1) is 0 Å².